The third-order valence-corrected chi connectivity index (χ3v) is 4.29. The number of methoxy groups -OCH3 is 1. The van der Waals surface area contributed by atoms with Gasteiger partial charge in [0.2, 0.25) is 5.88 Å². The van der Waals surface area contributed by atoms with Gasteiger partial charge in [0, 0.05) is 17.9 Å². The minimum Gasteiger partial charge on any atom is -0.497 e. The van der Waals surface area contributed by atoms with E-state index in [1.807, 2.05) is 48.2 Å². The molecule has 3 rings (SSSR count). The molecule has 0 aliphatic carbocycles. The van der Waals surface area contributed by atoms with Gasteiger partial charge in [-0.2, -0.15) is 21.4 Å². The van der Waals surface area contributed by atoms with Crippen molar-refractivity contribution in [1.29, 1.82) is 0 Å². The number of aromatic nitrogens is 3. The van der Waals surface area contributed by atoms with Gasteiger partial charge in [-0.15, -0.1) is 0 Å². The first-order chi connectivity index (χ1) is 11.3. The quantitative estimate of drug-likeness (QED) is 0.663. The second-order valence-corrected chi connectivity index (χ2v) is 6.24. The predicted molar refractivity (Wildman–Crippen MR) is 92.1 cm³/mol. The molecular formula is C17H19N3O2S. The summed E-state index contributed by atoms with van der Waals surface area (Å²) in [6, 6.07) is 11.7. The molecule has 1 aromatic carbocycles. The largest absolute Gasteiger partial charge is 0.497 e. The van der Waals surface area contributed by atoms with E-state index in [-0.39, 0.29) is 0 Å². The van der Waals surface area contributed by atoms with E-state index in [0.29, 0.717) is 12.5 Å². The van der Waals surface area contributed by atoms with Gasteiger partial charge in [0.05, 0.1) is 19.0 Å². The normalized spacial score (nSPS) is 10.9. The van der Waals surface area contributed by atoms with Crippen molar-refractivity contribution in [3.05, 3.63) is 53.9 Å². The first kappa shape index (κ1) is 15.7. The highest BCUT2D eigenvalue weighted by Crippen LogP contribution is 2.20. The number of thioether (sulfide) groups is 1. The first-order valence-corrected chi connectivity index (χ1v) is 8.62. The summed E-state index contributed by atoms with van der Waals surface area (Å²) >= 11 is 1.84. The second-order valence-electron chi connectivity index (χ2n) is 4.96. The van der Waals surface area contributed by atoms with E-state index in [4.69, 9.17) is 9.47 Å². The molecule has 6 heteroatoms. The highest BCUT2D eigenvalue weighted by molar-refractivity contribution is 7.98. The van der Waals surface area contributed by atoms with Crippen LogP contribution < -0.4 is 9.47 Å². The SMILES string of the molecule is CCSCc1cc(OCc2ccc(OC)cc2)n2nccc2n1. The number of nitrogens with zero attached hydrogens (tertiary/aromatic N) is 3. The molecule has 5 nitrogen and oxygen atoms in total. The van der Waals surface area contributed by atoms with Crippen molar-refractivity contribution in [2.45, 2.75) is 19.3 Å². The summed E-state index contributed by atoms with van der Waals surface area (Å²) in [6.45, 7) is 2.62. The summed E-state index contributed by atoms with van der Waals surface area (Å²) in [7, 11) is 1.66. The molecule has 0 radical (unpaired) electrons. The average Bonchev–Trinajstić information content (AvgIpc) is 3.07. The van der Waals surface area contributed by atoms with Crippen LogP contribution in [0.5, 0.6) is 11.6 Å². The van der Waals surface area contributed by atoms with Crippen molar-refractivity contribution < 1.29 is 9.47 Å². The Morgan fingerprint density at radius 3 is 2.74 bits per heavy atom. The molecule has 0 aliphatic rings. The summed E-state index contributed by atoms with van der Waals surface area (Å²) in [5, 5.41) is 4.28. The Morgan fingerprint density at radius 1 is 1.17 bits per heavy atom. The summed E-state index contributed by atoms with van der Waals surface area (Å²) in [4.78, 5) is 4.59. The van der Waals surface area contributed by atoms with Crippen LogP contribution in [0.3, 0.4) is 0 Å². The van der Waals surface area contributed by atoms with Gasteiger partial charge in [-0.05, 0) is 23.4 Å². The van der Waals surface area contributed by atoms with Crippen LogP contribution in [-0.2, 0) is 12.4 Å². The molecule has 2 aromatic heterocycles. The van der Waals surface area contributed by atoms with Gasteiger partial charge in [-0.1, -0.05) is 19.1 Å². The van der Waals surface area contributed by atoms with Crippen molar-refractivity contribution in [3.63, 3.8) is 0 Å². The van der Waals surface area contributed by atoms with Gasteiger partial charge in [-0.3, -0.25) is 0 Å². The fourth-order valence-corrected chi connectivity index (χ4v) is 2.76. The van der Waals surface area contributed by atoms with Gasteiger partial charge < -0.3 is 9.47 Å². The Morgan fingerprint density at radius 2 is 2.00 bits per heavy atom. The maximum Gasteiger partial charge on any atom is 0.218 e. The van der Waals surface area contributed by atoms with E-state index in [0.717, 1.165) is 34.2 Å². The fourth-order valence-electron chi connectivity index (χ4n) is 2.20. The highest BCUT2D eigenvalue weighted by Gasteiger charge is 2.08. The average molecular weight is 329 g/mol. The lowest BCUT2D eigenvalue weighted by molar-refractivity contribution is 0.285. The number of rotatable bonds is 7. The fraction of sp³-hybridized carbons (Fsp3) is 0.294. The standard InChI is InChI=1S/C17H19N3O2S/c1-3-23-12-14-10-17(20-16(19-14)8-9-18-20)22-11-13-4-6-15(21-2)7-5-13/h4-10H,3,11-12H2,1-2H3. The minimum absolute atomic E-state index is 0.476. The summed E-state index contributed by atoms with van der Waals surface area (Å²) in [5.74, 6) is 3.49. The number of benzene rings is 1. The summed E-state index contributed by atoms with van der Waals surface area (Å²) in [6.07, 6.45) is 1.74. The Hall–Kier alpha value is -2.21. The van der Waals surface area contributed by atoms with Crippen LogP contribution in [0, 0.1) is 0 Å². The topological polar surface area (TPSA) is 48.7 Å². The van der Waals surface area contributed by atoms with E-state index < -0.39 is 0 Å². The molecule has 0 fully saturated rings. The summed E-state index contributed by atoms with van der Waals surface area (Å²) < 4.78 is 12.9. The molecule has 0 bridgehead atoms. The molecule has 0 spiro atoms. The molecule has 0 amide bonds. The maximum atomic E-state index is 5.97. The van der Waals surface area contributed by atoms with E-state index in [2.05, 4.69) is 17.0 Å². The lowest BCUT2D eigenvalue weighted by Crippen LogP contribution is -2.04. The lowest BCUT2D eigenvalue weighted by atomic mass is 10.2. The molecule has 120 valence electrons. The molecular weight excluding hydrogens is 310 g/mol. The molecule has 0 atom stereocenters. The third kappa shape index (κ3) is 3.76. The molecule has 0 unspecified atom stereocenters. The molecule has 0 saturated heterocycles. The summed E-state index contributed by atoms with van der Waals surface area (Å²) in [5.41, 5.74) is 2.89. The van der Waals surface area contributed by atoms with Crippen molar-refractivity contribution in [1.82, 2.24) is 14.6 Å². The Bertz CT molecular complexity index is 771. The number of hydrogen-bond acceptors (Lipinski definition) is 5. The van der Waals surface area contributed by atoms with Crippen LogP contribution in [0.2, 0.25) is 0 Å². The van der Waals surface area contributed by atoms with Gasteiger partial charge in [0.25, 0.3) is 0 Å². The van der Waals surface area contributed by atoms with Crippen LogP contribution >= 0.6 is 11.8 Å². The van der Waals surface area contributed by atoms with Gasteiger partial charge in [0.1, 0.15) is 12.4 Å². The van der Waals surface area contributed by atoms with E-state index in [1.165, 1.54) is 0 Å². The number of ether oxygens (including phenoxy) is 2. The minimum atomic E-state index is 0.476. The van der Waals surface area contributed by atoms with Crippen molar-refractivity contribution in [3.8, 4) is 11.6 Å². The van der Waals surface area contributed by atoms with Gasteiger partial charge in [0.15, 0.2) is 5.65 Å². The van der Waals surface area contributed by atoms with E-state index in [9.17, 15) is 0 Å². The highest BCUT2D eigenvalue weighted by atomic mass is 32.2. The molecule has 3 aromatic rings. The molecule has 0 N–H and O–H groups in total. The molecule has 23 heavy (non-hydrogen) atoms. The van der Waals surface area contributed by atoms with Crippen LogP contribution in [-0.4, -0.2) is 27.5 Å². The van der Waals surface area contributed by atoms with Crippen LogP contribution in [0.15, 0.2) is 42.6 Å². The zero-order valence-corrected chi connectivity index (χ0v) is 14.0. The first-order valence-electron chi connectivity index (χ1n) is 7.47. The van der Waals surface area contributed by atoms with Crippen LogP contribution in [0.1, 0.15) is 18.2 Å². The zero-order chi connectivity index (χ0) is 16.1. The maximum absolute atomic E-state index is 5.97. The van der Waals surface area contributed by atoms with E-state index >= 15 is 0 Å². The molecule has 0 aliphatic heterocycles. The Balaban J connectivity index is 1.78. The van der Waals surface area contributed by atoms with Crippen LogP contribution in [0.25, 0.3) is 5.65 Å². The van der Waals surface area contributed by atoms with E-state index in [1.54, 1.807) is 17.8 Å². The van der Waals surface area contributed by atoms with Crippen molar-refractivity contribution in [2.24, 2.45) is 0 Å². The predicted octanol–water partition coefficient (Wildman–Crippen LogP) is 3.57. The zero-order valence-electron chi connectivity index (χ0n) is 13.2. The number of fused-ring (bicyclic) bond motifs is 1. The molecule has 0 saturated carbocycles. The Kier molecular flexibility index (Phi) is 5.02. The third-order valence-electron chi connectivity index (χ3n) is 3.38. The van der Waals surface area contributed by atoms with Crippen molar-refractivity contribution in [2.75, 3.05) is 12.9 Å². The molecule has 2 heterocycles. The van der Waals surface area contributed by atoms with Gasteiger partial charge in [-0.25, -0.2) is 4.98 Å². The van der Waals surface area contributed by atoms with Gasteiger partial charge >= 0.3 is 0 Å². The van der Waals surface area contributed by atoms with Crippen molar-refractivity contribution >= 4 is 17.4 Å². The monoisotopic (exact) mass is 329 g/mol. The second kappa shape index (κ2) is 7.37. The number of hydrogen-bond donors (Lipinski definition) is 0. The lowest BCUT2D eigenvalue weighted by Gasteiger charge is -2.10. The smallest absolute Gasteiger partial charge is 0.218 e. The van der Waals surface area contributed by atoms with Crippen LogP contribution in [0.4, 0.5) is 0 Å². The Labute approximate surface area is 139 Å².